The third-order valence-corrected chi connectivity index (χ3v) is 11.6. The van der Waals surface area contributed by atoms with E-state index in [2.05, 4.69) is 180 Å². The van der Waals surface area contributed by atoms with Crippen LogP contribution in [0.15, 0.2) is 176 Å². The summed E-state index contributed by atoms with van der Waals surface area (Å²) in [5.74, 6) is 0.818. The van der Waals surface area contributed by atoms with Crippen molar-refractivity contribution in [1.82, 2.24) is 14.5 Å². The van der Waals surface area contributed by atoms with Crippen molar-refractivity contribution in [2.45, 2.75) is 0 Å². The predicted octanol–water partition coefficient (Wildman–Crippen LogP) is 13.2. The second kappa shape index (κ2) is 11.5. The Kier molecular flexibility index (Phi) is 6.42. The Bertz CT molecular complexity index is 3180. The van der Waals surface area contributed by atoms with Crippen molar-refractivity contribution in [3.05, 3.63) is 176 Å². The standard InChI is InChI=1S/C48H29N3S/c1-3-14-30(15-4-1)38-28-42-41(29-39(38)37-23-13-22-36-35-21-10-12-25-45(35)52-47(36)37)49-46(31-16-5-2-6-17-31)48(50-42)51-43-24-11-9-20-34(43)40-26-32-18-7-8-19-33(32)27-44(40)51/h1-29H. The molecule has 3 aromatic heterocycles. The van der Waals surface area contributed by atoms with Gasteiger partial charge in [0.15, 0.2) is 5.82 Å². The van der Waals surface area contributed by atoms with E-state index in [1.807, 2.05) is 11.3 Å². The van der Waals surface area contributed by atoms with Crippen LogP contribution in [0.3, 0.4) is 0 Å². The van der Waals surface area contributed by atoms with Crippen LogP contribution < -0.4 is 0 Å². The summed E-state index contributed by atoms with van der Waals surface area (Å²) in [4.78, 5) is 11.1. The van der Waals surface area contributed by atoms with Crippen molar-refractivity contribution in [3.63, 3.8) is 0 Å². The van der Waals surface area contributed by atoms with Crippen LogP contribution in [-0.2, 0) is 0 Å². The van der Waals surface area contributed by atoms with Crippen molar-refractivity contribution in [2.24, 2.45) is 0 Å². The van der Waals surface area contributed by atoms with E-state index in [1.54, 1.807) is 0 Å². The van der Waals surface area contributed by atoms with E-state index in [4.69, 9.17) is 9.97 Å². The van der Waals surface area contributed by atoms with Crippen molar-refractivity contribution in [2.75, 3.05) is 0 Å². The first kappa shape index (κ1) is 29.1. The molecular formula is C48H29N3S. The van der Waals surface area contributed by atoms with Crippen molar-refractivity contribution >= 4 is 75.1 Å². The highest BCUT2D eigenvalue weighted by molar-refractivity contribution is 7.26. The minimum atomic E-state index is 0.818. The van der Waals surface area contributed by atoms with E-state index in [0.717, 1.165) is 55.8 Å². The Morgan fingerprint density at radius 2 is 1.04 bits per heavy atom. The summed E-state index contributed by atoms with van der Waals surface area (Å²) in [5.41, 5.74) is 10.5. The fraction of sp³-hybridized carbons (Fsp3) is 0. The van der Waals surface area contributed by atoms with E-state index in [1.165, 1.54) is 47.3 Å². The quantitative estimate of drug-likeness (QED) is 0.185. The zero-order chi connectivity index (χ0) is 34.2. The van der Waals surface area contributed by atoms with Crippen LogP contribution in [0.2, 0.25) is 0 Å². The number of fused-ring (bicyclic) bond motifs is 8. The Morgan fingerprint density at radius 3 is 1.87 bits per heavy atom. The molecule has 3 nitrogen and oxygen atoms in total. The van der Waals surface area contributed by atoms with E-state index >= 15 is 0 Å². The molecule has 3 heterocycles. The summed E-state index contributed by atoms with van der Waals surface area (Å²) < 4.78 is 4.90. The molecule has 52 heavy (non-hydrogen) atoms. The number of para-hydroxylation sites is 1. The van der Waals surface area contributed by atoms with Crippen LogP contribution in [0, 0.1) is 0 Å². The number of thiophene rings is 1. The Hall–Kier alpha value is -6.62. The highest BCUT2D eigenvalue weighted by Crippen LogP contribution is 2.44. The summed E-state index contributed by atoms with van der Waals surface area (Å²) in [6.45, 7) is 0. The van der Waals surface area contributed by atoms with Gasteiger partial charge in [-0.05, 0) is 63.9 Å². The SMILES string of the molecule is c1ccc(-c2cc3nc(-n4c5ccccc5c5cc6ccccc6cc54)c(-c4ccccc4)nc3cc2-c2cccc3c2sc2ccccc23)cc1. The number of hydrogen-bond acceptors (Lipinski definition) is 3. The van der Waals surface area contributed by atoms with Gasteiger partial charge in [-0.3, -0.25) is 4.57 Å². The molecule has 0 aliphatic carbocycles. The molecular weight excluding hydrogens is 651 g/mol. The van der Waals surface area contributed by atoms with Crippen LogP contribution in [0.5, 0.6) is 0 Å². The maximum Gasteiger partial charge on any atom is 0.165 e. The molecule has 0 N–H and O–H groups in total. The van der Waals surface area contributed by atoms with Crippen molar-refractivity contribution in [1.29, 1.82) is 0 Å². The van der Waals surface area contributed by atoms with Crippen molar-refractivity contribution in [3.8, 4) is 39.3 Å². The average molecular weight is 680 g/mol. The van der Waals surface area contributed by atoms with Crippen LogP contribution in [0.25, 0.3) is 103 Å². The van der Waals surface area contributed by atoms with Gasteiger partial charge >= 0.3 is 0 Å². The lowest BCUT2D eigenvalue weighted by Crippen LogP contribution is -2.04. The predicted molar refractivity (Wildman–Crippen MR) is 221 cm³/mol. The summed E-state index contributed by atoms with van der Waals surface area (Å²) >= 11 is 1.86. The maximum atomic E-state index is 5.60. The zero-order valence-electron chi connectivity index (χ0n) is 28.0. The lowest BCUT2D eigenvalue weighted by atomic mass is 9.93. The monoisotopic (exact) mass is 679 g/mol. The highest BCUT2D eigenvalue weighted by Gasteiger charge is 2.22. The van der Waals surface area contributed by atoms with E-state index < -0.39 is 0 Å². The largest absolute Gasteiger partial charge is 0.292 e. The molecule has 11 rings (SSSR count). The molecule has 4 heteroatoms. The highest BCUT2D eigenvalue weighted by atomic mass is 32.1. The van der Waals surface area contributed by atoms with Crippen LogP contribution in [-0.4, -0.2) is 14.5 Å². The minimum Gasteiger partial charge on any atom is -0.292 e. The number of hydrogen-bond donors (Lipinski definition) is 0. The second-order valence-corrected chi connectivity index (χ2v) is 14.4. The van der Waals surface area contributed by atoms with Gasteiger partial charge in [-0.2, -0.15) is 0 Å². The van der Waals surface area contributed by atoms with E-state index in [-0.39, 0.29) is 0 Å². The van der Waals surface area contributed by atoms with Crippen LogP contribution in [0.1, 0.15) is 0 Å². The smallest absolute Gasteiger partial charge is 0.165 e. The molecule has 0 saturated carbocycles. The maximum absolute atomic E-state index is 5.60. The Balaban J connectivity index is 1.26. The first-order chi connectivity index (χ1) is 25.8. The summed E-state index contributed by atoms with van der Waals surface area (Å²) in [7, 11) is 0. The van der Waals surface area contributed by atoms with Crippen LogP contribution >= 0.6 is 11.3 Å². The van der Waals surface area contributed by atoms with Gasteiger partial charge in [0.05, 0.1) is 22.1 Å². The number of aromatic nitrogens is 3. The molecule has 0 aliphatic rings. The molecule has 0 fully saturated rings. The summed E-state index contributed by atoms with van der Waals surface area (Å²) in [5, 5.41) is 7.39. The molecule has 11 aromatic rings. The molecule has 0 atom stereocenters. The Labute approximate surface area is 303 Å². The normalized spacial score (nSPS) is 11.8. The summed E-state index contributed by atoms with van der Waals surface area (Å²) in [6, 6.07) is 62.9. The average Bonchev–Trinajstić information content (AvgIpc) is 3.75. The number of benzene rings is 8. The molecule has 0 amide bonds. The molecule has 8 aromatic carbocycles. The fourth-order valence-electron chi connectivity index (χ4n) is 7.96. The number of rotatable bonds is 4. The Morgan fingerprint density at radius 1 is 0.404 bits per heavy atom. The van der Waals surface area contributed by atoms with Gasteiger partial charge in [-0.15, -0.1) is 11.3 Å². The van der Waals surface area contributed by atoms with Gasteiger partial charge in [-0.1, -0.05) is 140 Å². The second-order valence-electron chi connectivity index (χ2n) is 13.4. The molecule has 242 valence electrons. The lowest BCUT2D eigenvalue weighted by Gasteiger charge is -2.17. The van der Waals surface area contributed by atoms with Gasteiger partial charge in [0, 0.05) is 42.1 Å². The first-order valence-electron chi connectivity index (χ1n) is 17.6. The summed E-state index contributed by atoms with van der Waals surface area (Å²) in [6.07, 6.45) is 0. The molecule has 0 aliphatic heterocycles. The fourth-order valence-corrected chi connectivity index (χ4v) is 9.19. The molecule has 0 bridgehead atoms. The van der Waals surface area contributed by atoms with E-state index in [9.17, 15) is 0 Å². The molecule has 0 radical (unpaired) electrons. The third-order valence-electron chi connectivity index (χ3n) is 10.4. The molecule has 0 unspecified atom stereocenters. The van der Waals surface area contributed by atoms with E-state index in [0.29, 0.717) is 0 Å². The third kappa shape index (κ3) is 4.45. The minimum absolute atomic E-state index is 0.818. The van der Waals surface area contributed by atoms with Gasteiger partial charge in [0.2, 0.25) is 0 Å². The van der Waals surface area contributed by atoms with Crippen molar-refractivity contribution < 1.29 is 0 Å². The molecule has 0 saturated heterocycles. The van der Waals surface area contributed by atoms with Crippen LogP contribution in [0.4, 0.5) is 0 Å². The number of nitrogens with zero attached hydrogens (tertiary/aromatic N) is 3. The van der Waals surface area contributed by atoms with Gasteiger partial charge in [0.1, 0.15) is 5.69 Å². The lowest BCUT2D eigenvalue weighted by molar-refractivity contribution is 1.08. The first-order valence-corrected chi connectivity index (χ1v) is 18.4. The molecule has 0 spiro atoms. The van der Waals surface area contributed by atoms with Gasteiger partial charge in [-0.25, -0.2) is 9.97 Å². The van der Waals surface area contributed by atoms with Gasteiger partial charge < -0.3 is 0 Å². The van der Waals surface area contributed by atoms with Gasteiger partial charge in [0.25, 0.3) is 0 Å². The zero-order valence-corrected chi connectivity index (χ0v) is 28.8. The topological polar surface area (TPSA) is 30.7 Å².